The number of nitrogens with one attached hydrogen (secondary N) is 2. The van der Waals surface area contributed by atoms with Crippen molar-refractivity contribution in [2.45, 2.75) is 6.42 Å². The minimum absolute atomic E-state index is 0.0173. The highest BCUT2D eigenvalue weighted by atomic mass is 79.9. The number of benzene rings is 1. The summed E-state index contributed by atoms with van der Waals surface area (Å²) < 4.78 is 40.3. The molecule has 25 heavy (non-hydrogen) atoms. The lowest BCUT2D eigenvalue weighted by atomic mass is 10.3. The molecule has 2 aromatic rings. The molecule has 0 radical (unpaired) electrons. The molecule has 1 aromatic heterocycles. The Morgan fingerprint density at radius 2 is 2.20 bits per heavy atom. The average molecular weight is 436 g/mol. The van der Waals surface area contributed by atoms with Crippen molar-refractivity contribution in [3.8, 4) is 0 Å². The van der Waals surface area contributed by atoms with Gasteiger partial charge in [-0.15, -0.1) is 0 Å². The van der Waals surface area contributed by atoms with Gasteiger partial charge < -0.3 is 15.8 Å². The Balaban J connectivity index is 2.06. The number of amidine groups is 1. The van der Waals surface area contributed by atoms with Gasteiger partial charge in [0.1, 0.15) is 15.7 Å². The number of aromatic nitrogens is 2. The van der Waals surface area contributed by atoms with Gasteiger partial charge in [0.25, 0.3) is 0 Å². The van der Waals surface area contributed by atoms with Crippen molar-refractivity contribution in [2.24, 2.45) is 5.16 Å². The molecule has 0 aliphatic carbocycles. The van der Waals surface area contributed by atoms with Crippen LogP contribution >= 0.6 is 15.9 Å². The molecule has 1 heterocycles. The smallest absolute Gasteiger partial charge is 0.203 e. The minimum Gasteiger partial charge on any atom is -0.409 e. The van der Waals surface area contributed by atoms with Crippen LogP contribution in [0.25, 0.3) is 0 Å². The summed E-state index contributed by atoms with van der Waals surface area (Å²) in [5.74, 6) is -0.326. The lowest BCUT2D eigenvalue weighted by molar-refractivity contribution is 0.305. The monoisotopic (exact) mass is 435 g/mol. The van der Waals surface area contributed by atoms with E-state index in [1.54, 1.807) is 0 Å². The third kappa shape index (κ3) is 5.67. The summed E-state index contributed by atoms with van der Waals surface area (Å²) in [6.45, 7) is 0.301. The number of anilines is 2. The molecule has 0 spiro atoms. The van der Waals surface area contributed by atoms with Crippen molar-refractivity contribution < 1.29 is 22.6 Å². The first-order valence-corrected chi connectivity index (χ1v) is 9.84. The molecule has 0 fully saturated rings. The van der Waals surface area contributed by atoms with E-state index >= 15 is 0 Å². The van der Waals surface area contributed by atoms with E-state index in [1.165, 1.54) is 18.2 Å². The van der Waals surface area contributed by atoms with Crippen LogP contribution in [-0.2, 0) is 9.84 Å². The fourth-order valence-electron chi connectivity index (χ4n) is 1.84. The molecule has 12 heteroatoms. The molecule has 9 nitrogen and oxygen atoms in total. The molecule has 0 saturated carbocycles. The minimum atomic E-state index is -3.06. The number of halogens is 2. The second-order valence-electron chi connectivity index (χ2n) is 5.07. The van der Waals surface area contributed by atoms with Gasteiger partial charge in [0.2, 0.25) is 11.7 Å². The molecule has 0 aliphatic rings. The summed E-state index contributed by atoms with van der Waals surface area (Å²) in [6.07, 6.45) is 1.51. The summed E-state index contributed by atoms with van der Waals surface area (Å²) in [5.41, 5.74) is 0.523. The van der Waals surface area contributed by atoms with E-state index in [1.807, 2.05) is 0 Å². The fraction of sp³-hybridized carbons (Fsp3) is 0.308. The van der Waals surface area contributed by atoms with Crippen LogP contribution in [0.2, 0.25) is 0 Å². The van der Waals surface area contributed by atoms with E-state index in [0.29, 0.717) is 18.7 Å². The third-order valence-corrected chi connectivity index (χ3v) is 4.62. The molecule has 0 saturated heterocycles. The lowest BCUT2D eigenvalue weighted by Crippen LogP contribution is -2.17. The van der Waals surface area contributed by atoms with Gasteiger partial charge in [-0.05, 0) is 50.9 Å². The molecule has 3 N–H and O–H groups in total. The van der Waals surface area contributed by atoms with Crippen LogP contribution in [0.5, 0.6) is 0 Å². The molecule has 136 valence electrons. The lowest BCUT2D eigenvalue weighted by Gasteiger charge is -2.08. The second-order valence-corrected chi connectivity index (χ2v) is 8.19. The van der Waals surface area contributed by atoms with Gasteiger partial charge in [0, 0.05) is 18.5 Å². The quantitative estimate of drug-likeness (QED) is 0.198. The van der Waals surface area contributed by atoms with Gasteiger partial charge in [0.05, 0.1) is 10.2 Å². The zero-order chi connectivity index (χ0) is 18.4. The number of hydrogen-bond donors (Lipinski definition) is 3. The normalized spacial score (nSPS) is 12.2. The van der Waals surface area contributed by atoms with Gasteiger partial charge >= 0.3 is 0 Å². The van der Waals surface area contributed by atoms with Gasteiger partial charge in [-0.25, -0.2) is 17.4 Å². The average Bonchev–Trinajstić information content (AvgIpc) is 3.00. The van der Waals surface area contributed by atoms with Crippen molar-refractivity contribution in [3.05, 3.63) is 34.2 Å². The van der Waals surface area contributed by atoms with Gasteiger partial charge in [-0.2, -0.15) is 0 Å². The maximum absolute atomic E-state index is 13.3. The van der Waals surface area contributed by atoms with Crippen LogP contribution in [-0.4, -0.2) is 48.3 Å². The van der Waals surface area contributed by atoms with Crippen LogP contribution in [0.4, 0.5) is 15.9 Å². The Morgan fingerprint density at radius 1 is 1.44 bits per heavy atom. The first kappa shape index (κ1) is 19.1. The summed E-state index contributed by atoms with van der Waals surface area (Å²) in [5, 5.41) is 25.2. The number of hydrogen-bond acceptors (Lipinski definition) is 8. The molecule has 0 unspecified atom stereocenters. The van der Waals surface area contributed by atoms with Crippen LogP contribution in [0.1, 0.15) is 12.1 Å². The van der Waals surface area contributed by atoms with Crippen molar-refractivity contribution in [2.75, 3.05) is 29.2 Å². The van der Waals surface area contributed by atoms with Crippen molar-refractivity contribution in [1.29, 1.82) is 0 Å². The van der Waals surface area contributed by atoms with E-state index in [-0.39, 0.29) is 27.6 Å². The van der Waals surface area contributed by atoms with Crippen LogP contribution in [0.15, 0.2) is 32.5 Å². The predicted molar refractivity (Wildman–Crippen MR) is 93.2 cm³/mol. The summed E-state index contributed by atoms with van der Waals surface area (Å²) in [7, 11) is -3.06. The summed E-state index contributed by atoms with van der Waals surface area (Å²) in [4.78, 5) is 0. The third-order valence-electron chi connectivity index (χ3n) is 2.98. The Kier molecular flexibility index (Phi) is 6.31. The first-order valence-electron chi connectivity index (χ1n) is 6.99. The fourth-order valence-corrected chi connectivity index (χ4v) is 2.89. The van der Waals surface area contributed by atoms with E-state index in [0.717, 1.165) is 6.26 Å². The SMILES string of the molecule is CS(=O)(=O)CCCNc1nonc1C(=NO)Nc1ccc(F)c(Br)c1. The Hall–Kier alpha value is -2.21. The second kappa shape index (κ2) is 8.25. The topological polar surface area (TPSA) is 130 Å². The Labute approximate surface area is 151 Å². The number of rotatable bonds is 7. The number of nitrogens with zero attached hydrogens (tertiary/aromatic N) is 3. The summed E-state index contributed by atoms with van der Waals surface area (Å²) >= 11 is 3.05. The molecule has 0 aliphatic heterocycles. The zero-order valence-corrected chi connectivity index (χ0v) is 15.4. The molecule has 0 bridgehead atoms. The maximum Gasteiger partial charge on any atom is 0.203 e. The Bertz CT molecular complexity index is 871. The van der Waals surface area contributed by atoms with Gasteiger partial charge in [0.15, 0.2) is 5.69 Å². The largest absolute Gasteiger partial charge is 0.409 e. The standard InChI is InChI=1S/C13H15BrFN5O4S/c1-25(22,23)6-2-5-16-12-11(19-24-20-12)13(18-21)17-8-3-4-10(15)9(14)7-8/h3-4,7,21H,2,5-6H2,1H3,(H,16,20)(H,17,18). The number of oxime groups is 1. The van der Waals surface area contributed by atoms with E-state index in [4.69, 9.17) is 0 Å². The predicted octanol–water partition coefficient (Wildman–Crippen LogP) is 2.07. The van der Waals surface area contributed by atoms with Crippen molar-refractivity contribution in [3.63, 3.8) is 0 Å². The Morgan fingerprint density at radius 3 is 2.84 bits per heavy atom. The van der Waals surface area contributed by atoms with Gasteiger partial charge in [-0.3, -0.25) is 0 Å². The molecule has 0 amide bonds. The number of sulfone groups is 1. The maximum atomic E-state index is 13.3. The van der Waals surface area contributed by atoms with E-state index < -0.39 is 15.7 Å². The van der Waals surface area contributed by atoms with E-state index in [2.05, 4.69) is 46.7 Å². The highest BCUT2D eigenvalue weighted by Gasteiger charge is 2.18. The highest BCUT2D eigenvalue weighted by Crippen LogP contribution is 2.21. The highest BCUT2D eigenvalue weighted by molar-refractivity contribution is 9.10. The molecule has 2 rings (SSSR count). The molecular weight excluding hydrogens is 421 g/mol. The molecule has 0 atom stereocenters. The van der Waals surface area contributed by atoms with Crippen LogP contribution in [0.3, 0.4) is 0 Å². The van der Waals surface area contributed by atoms with Crippen molar-refractivity contribution in [1.82, 2.24) is 10.3 Å². The van der Waals surface area contributed by atoms with Crippen LogP contribution < -0.4 is 10.6 Å². The molecular formula is C13H15BrFN5O4S. The van der Waals surface area contributed by atoms with Crippen LogP contribution in [0, 0.1) is 5.82 Å². The summed E-state index contributed by atoms with van der Waals surface area (Å²) in [6, 6.07) is 4.12. The zero-order valence-electron chi connectivity index (χ0n) is 13.0. The molecule has 1 aromatic carbocycles. The van der Waals surface area contributed by atoms with Crippen molar-refractivity contribution >= 4 is 43.1 Å². The van der Waals surface area contributed by atoms with E-state index in [9.17, 15) is 18.0 Å². The van der Waals surface area contributed by atoms with Gasteiger partial charge in [-0.1, -0.05) is 5.16 Å². The first-order chi connectivity index (χ1) is 11.8.